The number of halogens is 1. The quantitative estimate of drug-likeness (QED) is 0.762. The highest BCUT2D eigenvalue weighted by molar-refractivity contribution is 7.99. The smallest absolute Gasteiger partial charge is 0.123 e. The average molecular weight is 258 g/mol. The Morgan fingerprint density at radius 2 is 2.00 bits per heavy atom. The number of benzene rings is 1. The molecule has 4 heteroatoms. The van der Waals surface area contributed by atoms with Gasteiger partial charge in [0.2, 0.25) is 0 Å². The van der Waals surface area contributed by atoms with Crippen molar-refractivity contribution in [1.82, 2.24) is 0 Å². The minimum Gasteiger partial charge on any atom is -0.392 e. The van der Waals surface area contributed by atoms with Gasteiger partial charge in [0.15, 0.2) is 0 Å². The van der Waals surface area contributed by atoms with Crippen LogP contribution in [0.1, 0.15) is 13.3 Å². The highest BCUT2D eigenvalue weighted by Gasteiger charge is 2.14. The summed E-state index contributed by atoms with van der Waals surface area (Å²) in [5.74, 6) is 0.600. The zero-order valence-corrected chi connectivity index (χ0v) is 11.0. The lowest BCUT2D eigenvalue weighted by Crippen LogP contribution is -2.21. The second-order valence-electron chi connectivity index (χ2n) is 4.09. The molecule has 1 aromatic rings. The van der Waals surface area contributed by atoms with Gasteiger partial charge in [-0.3, -0.25) is 0 Å². The minimum absolute atomic E-state index is 0.211. The lowest BCUT2D eigenvalue weighted by molar-refractivity contribution is 0.105. The van der Waals surface area contributed by atoms with Gasteiger partial charge >= 0.3 is 0 Å². The summed E-state index contributed by atoms with van der Waals surface area (Å²) in [5.41, 5.74) is 0. The summed E-state index contributed by atoms with van der Waals surface area (Å²) in [5, 5.41) is 9.91. The predicted octanol–water partition coefficient (Wildman–Crippen LogP) is 2.95. The molecule has 2 nitrogen and oxygen atoms in total. The maximum atomic E-state index is 12.7. The summed E-state index contributed by atoms with van der Waals surface area (Å²) in [6.45, 7) is 2.67. The van der Waals surface area contributed by atoms with Gasteiger partial charge in [0.05, 0.1) is 6.10 Å². The predicted molar refractivity (Wildman–Crippen MR) is 68.8 cm³/mol. The number of aliphatic hydroxyl groups is 1. The van der Waals surface area contributed by atoms with Crippen LogP contribution in [0.25, 0.3) is 0 Å². The van der Waals surface area contributed by atoms with Crippen molar-refractivity contribution < 1.29 is 14.2 Å². The molecule has 0 saturated carbocycles. The molecule has 0 heterocycles. The first kappa shape index (κ1) is 14.5. The van der Waals surface area contributed by atoms with Crippen molar-refractivity contribution in [3.8, 4) is 0 Å². The molecule has 0 fully saturated rings. The maximum Gasteiger partial charge on any atom is 0.123 e. The van der Waals surface area contributed by atoms with E-state index in [1.807, 2.05) is 6.92 Å². The van der Waals surface area contributed by atoms with Gasteiger partial charge < -0.3 is 9.84 Å². The molecule has 0 amide bonds. The van der Waals surface area contributed by atoms with Gasteiger partial charge in [-0.25, -0.2) is 4.39 Å². The summed E-state index contributed by atoms with van der Waals surface area (Å²) in [6.07, 6.45) is 0.488. The highest BCUT2D eigenvalue weighted by atomic mass is 32.2. The largest absolute Gasteiger partial charge is 0.392 e. The second-order valence-corrected chi connectivity index (χ2v) is 5.18. The Kier molecular flexibility index (Phi) is 6.55. The number of hydrogen-bond donors (Lipinski definition) is 1. The monoisotopic (exact) mass is 258 g/mol. The van der Waals surface area contributed by atoms with Gasteiger partial charge in [0.1, 0.15) is 5.82 Å². The van der Waals surface area contributed by atoms with E-state index in [0.29, 0.717) is 12.4 Å². The number of rotatable bonds is 7. The van der Waals surface area contributed by atoms with E-state index >= 15 is 0 Å². The van der Waals surface area contributed by atoms with Crippen LogP contribution in [0.2, 0.25) is 0 Å². The number of hydrogen-bond acceptors (Lipinski definition) is 3. The normalized spacial score (nSPS) is 14.6. The van der Waals surface area contributed by atoms with Crippen LogP contribution in [0.5, 0.6) is 0 Å². The molecule has 1 rings (SSSR count). The molecule has 0 saturated heterocycles. The molecule has 96 valence electrons. The molecular weight excluding hydrogens is 239 g/mol. The van der Waals surface area contributed by atoms with E-state index in [-0.39, 0.29) is 17.8 Å². The Hall–Kier alpha value is -0.580. The summed E-state index contributed by atoms with van der Waals surface area (Å²) in [7, 11) is 1.66. The zero-order valence-electron chi connectivity index (χ0n) is 10.2. The van der Waals surface area contributed by atoms with Gasteiger partial charge in [0, 0.05) is 24.4 Å². The van der Waals surface area contributed by atoms with Crippen LogP contribution in [0.4, 0.5) is 4.39 Å². The Labute approximate surface area is 106 Å². The Morgan fingerprint density at radius 3 is 2.59 bits per heavy atom. The standard InChI is InChI=1S/C13H19FO2S/c1-10(7-8-16-2)13(15)9-17-12-5-3-11(14)4-6-12/h3-6,10,13,15H,7-9H2,1-2H3. The van der Waals surface area contributed by atoms with E-state index in [9.17, 15) is 9.50 Å². The molecule has 17 heavy (non-hydrogen) atoms. The first-order valence-electron chi connectivity index (χ1n) is 5.69. The lowest BCUT2D eigenvalue weighted by Gasteiger charge is -2.17. The molecule has 0 bridgehead atoms. The number of ether oxygens (including phenoxy) is 1. The molecule has 0 aliphatic carbocycles. The number of methoxy groups -OCH3 is 1. The molecule has 1 N–H and O–H groups in total. The fraction of sp³-hybridized carbons (Fsp3) is 0.538. The Morgan fingerprint density at radius 1 is 1.35 bits per heavy atom. The SMILES string of the molecule is COCCC(C)C(O)CSc1ccc(F)cc1. The van der Waals surface area contributed by atoms with Crippen LogP contribution in [-0.2, 0) is 4.74 Å². The van der Waals surface area contributed by atoms with Crippen molar-refractivity contribution in [3.63, 3.8) is 0 Å². The van der Waals surface area contributed by atoms with Gasteiger partial charge in [-0.1, -0.05) is 6.92 Å². The molecule has 0 aliphatic rings. The molecule has 1 aromatic carbocycles. The van der Waals surface area contributed by atoms with Crippen molar-refractivity contribution in [2.45, 2.75) is 24.3 Å². The first-order chi connectivity index (χ1) is 8.13. The molecular formula is C13H19FO2S. The van der Waals surface area contributed by atoms with Gasteiger partial charge in [-0.05, 0) is 36.6 Å². The van der Waals surface area contributed by atoms with Crippen molar-refractivity contribution >= 4 is 11.8 Å². The molecule has 2 atom stereocenters. The Bertz CT molecular complexity index is 316. The minimum atomic E-state index is -0.361. The van der Waals surface area contributed by atoms with Crippen LogP contribution >= 0.6 is 11.8 Å². The second kappa shape index (κ2) is 7.69. The highest BCUT2D eigenvalue weighted by Crippen LogP contribution is 2.22. The molecule has 0 spiro atoms. The fourth-order valence-electron chi connectivity index (χ4n) is 1.37. The van der Waals surface area contributed by atoms with Crippen LogP contribution in [0.15, 0.2) is 29.2 Å². The summed E-state index contributed by atoms with van der Waals surface area (Å²) >= 11 is 1.54. The molecule has 2 unspecified atom stereocenters. The zero-order chi connectivity index (χ0) is 12.7. The third kappa shape index (κ3) is 5.52. The lowest BCUT2D eigenvalue weighted by atomic mass is 10.0. The number of thioether (sulfide) groups is 1. The van der Waals surface area contributed by atoms with Crippen LogP contribution in [0, 0.1) is 11.7 Å². The van der Waals surface area contributed by atoms with Gasteiger partial charge in [0.25, 0.3) is 0 Å². The van der Waals surface area contributed by atoms with E-state index in [1.54, 1.807) is 31.0 Å². The first-order valence-corrected chi connectivity index (χ1v) is 6.67. The summed E-state index contributed by atoms with van der Waals surface area (Å²) < 4.78 is 17.7. The Balaban J connectivity index is 2.32. The third-order valence-corrected chi connectivity index (χ3v) is 3.78. The van der Waals surface area contributed by atoms with Crippen LogP contribution in [0.3, 0.4) is 0 Å². The van der Waals surface area contributed by atoms with Crippen molar-refractivity contribution in [2.24, 2.45) is 5.92 Å². The molecule has 0 aliphatic heterocycles. The van der Waals surface area contributed by atoms with Crippen molar-refractivity contribution in [3.05, 3.63) is 30.1 Å². The van der Waals surface area contributed by atoms with Crippen molar-refractivity contribution in [1.29, 1.82) is 0 Å². The maximum absolute atomic E-state index is 12.7. The number of aliphatic hydroxyl groups excluding tert-OH is 1. The third-order valence-electron chi connectivity index (χ3n) is 2.67. The van der Waals surface area contributed by atoms with E-state index in [4.69, 9.17) is 4.74 Å². The molecule has 0 radical (unpaired) electrons. The van der Waals surface area contributed by atoms with E-state index < -0.39 is 0 Å². The van der Waals surface area contributed by atoms with Crippen LogP contribution in [-0.4, -0.2) is 30.7 Å². The topological polar surface area (TPSA) is 29.5 Å². The fourth-order valence-corrected chi connectivity index (χ4v) is 2.39. The van der Waals surface area contributed by atoms with E-state index in [0.717, 1.165) is 11.3 Å². The van der Waals surface area contributed by atoms with E-state index in [2.05, 4.69) is 0 Å². The van der Waals surface area contributed by atoms with Crippen LogP contribution < -0.4 is 0 Å². The van der Waals surface area contributed by atoms with Crippen molar-refractivity contribution in [2.75, 3.05) is 19.5 Å². The average Bonchev–Trinajstić information content (AvgIpc) is 2.34. The summed E-state index contributed by atoms with van der Waals surface area (Å²) in [6, 6.07) is 6.32. The van der Waals surface area contributed by atoms with Gasteiger partial charge in [-0.15, -0.1) is 11.8 Å². The summed E-state index contributed by atoms with van der Waals surface area (Å²) in [4.78, 5) is 0.976. The van der Waals surface area contributed by atoms with Gasteiger partial charge in [-0.2, -0.15) is 0 Å². The van der Waals surface area contributed by atoms with E-state index in [1.165, 1.54) is 12.1 Å². The molecule has 0 aromatic heterocycles.